The van der Waals surface area contributed by atoms with Crippen molar-refractivity contribution in [1.82, 2.24) is 10.6 Å². The molecule has 0 radical (unpaired) electrons. The van der Waals surface area contributed by atoms with Crippen molar-refractivity contribution >= 4 is 5.91 Å². The smallest absolute Gasteiger partial charge is 0.221 e. The molecular formula is C12H18N2O. The topological polar surface area (TPSA) is 41.1 Å². The average molecular weight is 206 g/mol. The van der Waals surface area contributed by atoms with Gasteiger partial charge < -0.3 is 10.6 Å². The van der Waals surface area contributed by atoms with E-state index in [9.17, 15) is 4.79 Å². The Morgan fingerprint density at radius 2 is 1.93 bits per heavy atom. The summed E-state index contributed by atoms with van der Waals surface area (Å²) in [7, 11) is 1.84. The van der Waals surface area contributed by atoms with Crippen molar-refractivity contribution < 1.29 is 4.79 Å². The van der Waals surface area contributed by atoms with Gasteiger partial charge in [0.2, 0.25) is 5.91 Å². The maximum atomic E-state index is 11.3. The maximum absolute atomic E-state index is 11.3. The van der Waals surface area contributed by atoms with Gasteiger partial charge in [-0.2, -0.15) is 0 Å². The Kier molecular flexibility index (Phi) is 4.84. The SMILES string of the molecule is CNCCC(=O)NCc1ccc(C)cc1. The fraction of sp³-hybridized carbons (Fsp3) is 0.417. The quantitative estimate of drug-likeness (QED) is 0.760. The zero-order chi connectivity index (χ0) is 11.1. The van der Waals surface area contributed by atoms with Crippen LogP contribution in [0.4, 0.5) is 0 Å². The van der Waals surface area contributed by atoms with Gasteiger partial charge in [-0.25, -0.2) is 0 Å². The first-order valence-corrected chi connectivity index (χ1v) is 5.19. The van der Waals surface area contributed by atoms with Crippen molar-refractivity contribution in [1.29, 1.82) is 0 Å². The van der Waals surface area contributed by atoms with E-state index in [1.54, 1.807) is 0 Å². The molecule has 0 heterocycles. The Bertz CT molecular complexity index is 306. The zero-order valence-corrected chi connectivity index (χ0v) is 9.34. The molecule has 2 N–H and O–H groups in total. The third-order valence-electron chi connectivity index (χ3n) is 2.21. The fourth-order valence-electron chi connectivity index (χ4n) is 1.23. The predicted octanol–water partition coefficient (Wildman–Crippen LogP) is 1.22. The van der Waals surface area contributed by atoms with Crippen LogP contribution in [-0.4, -0.2) is 19.5 Å². The monoisotopic (exact) mass is 206 g/mol. The molecule has 0 aliphatic heterocycles. The van der Waals surface area contributed by atoms with Crippen molar-refractivity contribution in [3.63, 3.8) is 0 Å². The molecule has 0 saturated carbocycles. The minimum Gasteiger partial charge on any atom is -0.352 e. The normalized spacial score (nSPS) is 10.0. The molecular weight excluding hydrogens is 188 g/mol. The first-order valence-electron chi connectivity index (χ1n) is 5.19. The van der Waals surface area contributed by atoms with Gasteiger partial charge in [0.25, 0.3) is 0 Å². The van der Waals surface area contributed by atoms with Crippen LogP contribution in [0, 0.1) is 6.92 Å². The number of carbonyl (C=O) groups excluding carboxylic acids is 1. The van der Waals surface area contributed by atoms with E-state index in [0.717, 1.165) is 12.1 Å². The molecule has 1 amide bonds. The number of nitrogens with one attached hydrogen (secondary N) is 2. The summed E-state index contributed by atoms with van der Waals surface area (Å²) in [6.07, 6.45) is 0.530. The lowest BCUT2D eigenvalue weighted by molar-refractivity contribution is -0.121. The molecule has 0 fully saturated rings. The lowest BCUT2D eigenvalue weighted by atomic mass is 10.1. The highest BCUT2D eigenvalue weighted by Crippen LogP contribution is 2.02. The molecule has 3 nitrogen and oxygen atoms in total. The summed E-state index contributed by atoms with van der Waals surface area (Å²) in [5.41, 5.74) is 2.37. The van der Waals surface area contributed by atoms with E-state index in [0.29, 0.717) is 13.0 Å². The second kappa shape index (κ2) is 6.19. The van der Waals surface area contributed by atoms with Crippen molar-refractivity contribution in [2.24, 2.45) is 0 Å². The summed E-state index contributed by atoms with van der Waals surface area (Å²) in [6.45, 7) is 3.39. The summed E-state index contributed by atoms with van der Waals surface area (Å²) in [6, 6.07) is 8.17. The van der Waals surface area contributed by atoms with Gasteiger partial charge in [0, 0.05) is 19.5 Å². The predicted molar refractivity (Wildman–Crippen MR) is 61.6 cm³/mol. The maximum Gasteiger partial charge on any atom is 0.221 e. The van der Waals surface area contributed by atoms with E-state index in [1.807, 2.05) is 19.2 Å². The van der Waals surface area contributed by atoms with E-state index < -0.39 is 0 Å². The second-order valence-corrected chi connectivity index (χ2v) is 3.62. The molecule has 0 aliphatic carbocycles. The number of hydrogen-bond acceptors (Lipinski definition) is 2. The van der Waals surface area contributed by atoms with Crippen LogP contribution >= 0.6 is 0 Å². The molecule has 0 aliphatic rings. The lowest BCUT2D eigenvalue weighted by Gasteiger charge is -2.05. The number of hydrogen-bond donors (Lipinski definition) is 2. The highest BCUT2D eigenvalue weighted by Gasteiger charge is 1.99. The minimum atomic E-state index is 0.0879. The molecule has 3 heteroatoms. The minimum absolute atomic E-state index is 0.0879. The van der Waals surface area contributed by atoms with Gasteiger partial charge in [0.15, 0.2) is 0 Å². The van der Waals surface area contributed by atoms with Crippen LogP contribution < -0.4 is 10.6 Å². The zero-order valence-electron chi connectivity index (χ0n) is 9.34. The van der Waals surface area contributed by atoms with E-state index in [4.69, 9.17) is 0 Å². The van der Waals surface area contributed by atoms with Crippen LogP contribution in [0.5, 0.6) is 0 Å². The van der Waals surface area contributed by atoms with Gasteiger partial charge in [0.05, 0.1) is 0 Å². The number of rotatable bonds is 5. The summed E-state index contributed by atoms with van der Waals surface area (Å²) < 4.78 is 0. The number of amides is 1. The first-order chi connectivity index (χ1) is 7.22. The number of aryl methyl sites for hydroxylation is 1. The summed E-state index contributed by atoms with van der Waals surface area (Å²) >= 11 is 0. The van der Waals surface area contributed by atoms with E-state index >= 15 is 0 Å². The molecule has 0 unspecified atom stereocenters. The average Bonchev–Trinajstić information content (AvgIpc) is 2.25. The van der Waals surface area contributed by atoms with Crippen LogP contribution in [-0.2, 0) is 11.3 Å². The Labute approximate surface area is 90.9 Å². The fourth-order valence-corrected chi connectivity index (χ4v) is 1.23. The van der Waals surface area contributed by atoms with Crippen molar-refractivity contribution in [3.8, 4) is 0 Å². The van der Waals surface area contributed by atoms with Gasteiger partial charge in [-0.15, -0.1) is 0 Å². The number of carbonyl (C=O) groups is 1. The Morgan fingerprint density at radius 1 is 1.27 bits per heavy atom. The van der Waals surface area contributed by atoms with E-state index in [-0.39, 0.29) is 5.91 Å². The molecule has 15 heavy (non-hydrogen) atoms. The van der Waals surface area contributed by atoms with Crippen molar-refractivity contribution in [3.05, 3.63) is 35.4 Å². The van der Waals surface area contributed by atoms with Crippen molar-refractivity contribution in [2.45, 2.75) is 19.9 Å². The first kappa shape index (κ1) is 11.7. The molecule has 1 aromatic rings. The summed E-state index contributed by atoms with van der Waals surface area (Å²) in [5.74, 6) is 0.0879. The largest absolute Gasteiger partial charge is 0.352 e. The van der Waals surface area contributed by atoms with Gasteiger partial charge in [-0.1, -0.05) is 29.8 Å². The Morgan fingerprint density at radius 3 is 2.53 bits per heavy atom. The lowest BCUT2D eigenvalue weighted by Crippen LogP contribution is -2.26. The molecule has 0 spiro atoms. The van der Waals surface area contributed by atoms with Crippen molar-refractivity contribution in [2.75, 3.05) is 13.6 Å². The van der Waals surface area contributed by atoms with Crippen LogP contribution in [0.15, 0.2) is 24.3 Å². The Balaban J connectivity index is 2.30. The van der Waals surface area contributed by atoms with Crippen LogP contribution in [0.3, 0.4) is 0 Å². The van der Waals surface area contributed by atoms with Crippen LogP contribution in [0.2, 0.25) is 0 Å². The second-order valence-electron chi connectivity index (χ2n) is 3.62. The molecule has 1 aromatic carbocycles. The van der Waals surface area contributed by atoms with E-state index in [1.165, 1.54) is 5.56 Å². The third-order valence-corrected chi connectivity index (χ3v) is 2.21. The standard InChI is InChI=1S/C12H18N2O/c1-10-3-5-11(6-4-10)9-14-12(15)7-8-13-2/h3-6,13H,7-9H2,1-2H3,(H,14,15). The van der Waals surface area contributed by atoms with Gasteiger partial charge in [-0.05, 0) is 19.5 Å². The molecule has 0 atom stereocenters. The third kappa shape index (κ3) is 4.61. The summed E-state index contributed by atoms with van der Waals surface area (Å²) in [4.78, 5) is 11.3. The van der Waals surface area contributed by atoms with Gasteiger partial charge >= 0.3 is 0 Å². The van der Waals surface area contributed by atoms with Gasteiger partial charge in [0.1, 0.15) is 0 Å². The van der Waals surface area contributed by atoms with E-state index in [2.05, 4.69) is 29.7 Å². The van der Waals surface area contributed by atoms with Crippen LogP contribution in [0.25, 0.3) is 0 Å². The summed E-state index contributed by atoms with van der Waals surface area (Å²) in [5, 5.41) is 5.82. The molecule has 82 valence electrons. The van der Waals surface area contributed by atoms with Gasteiger partial charge in [-0.3, -0.25) is 4.79 Å². The highest BCUT2D eigenvalue weighted by atomic mass is 16.1. The number of benzene rings is 1. The molecule has 0 aromatic heterocycles. The Hall–Kier alpha value is -1.35. The molecule has 1 rings (SSSR count). The van der Waals surface area contributed by atoms with Crippen LogP contribution in [0.1, 0.15) is 17.5 Å². The molecule has 0 saturated heterocycles. The molecule has 0 bridgehead atoms. The highest BCUT2D eigenvalue weighted by molar-refractivity contribution is 5.76.